The van der Waals surface area contributed by atoms with E-state index in [0.29, 0.717) is 85.6 Å². The number of aliphatic carboxylic acids is 2. The van der Waals surface area contributed by atoms with Crippen molar-refractivity contribution < 1.29 is 111 Å². The van der Waals surface area contributed by atoms with Gasteiger partial charge in [-0.3, -0.25) is 14.4 Å². The molecule has 0 unspecified atom stereocenters. The molecule has 2 aliphatic heterocycles. The molecular weight excluding hydrogens is 1450 g/mol. The van der Waals surface area contributed by atoms with E-state index in [1.165, 1.54) is 0 Å². The van der Waals surface area contributed by atoms with Crippen LogP contribution in [0.15, 0.2) is 200 Å². The van der Waals surface area contributed by atoms with E-state index in [9.17, 15) is 0 Å². The van der Waals surface area contributed by atoms with Crippen LogP contribution in [0.5, 0.6) is 34.5 Å². The van der Waals surface area contributed by atoms with Gasteiger partial charge in [0.25, 0.3) is 11.9 Å². The molecule has 23 heteroatoms. The number of aromatic nitrogens is 8. The Labute approximate surface area is 624 Å². The fourth-order valence-corrected chi connectivity index (χ4v) is 9.52. The summed E-state index contributed by atoms with van der Waals surface area (Å²) in [6, 6.07) is 66.5. The van der Waals surface area contributed by atoms with Crippen molar-refractivity contribution in [2.45, 2.75) is 34.6 Å². The van der Waals surface area contributed by atoms with E-state index in [2.05, 4.69) is 9.69 Å². The SMILES string of the molecule is CC(=O)O.CC(=O)O.Cc1cccc(Oc2ccc3c(c2)-c2nc-3nc3[n-]c(nc4nc(nc5[n-]c(n2)c2ccc(Oc6cccc(C)c6)cc52)-c2ccccc2-4)c2ccccc32)c1.I.N#Cc1ccccc1C#N.[Ar].[C-]#[N+]c1ccc(Oc2cccc(C)c2)cc1[N+]#[C-].[Zn+2].[Zn]. The van der Waals surface area contributed by atoms with Gasteiger partial charge in [-0.1, -0.05) is 103 Å². The molecule has 0 aliphatic carbocycles. The third-order valence-electron chi connectivity index (χ3n) is 13.5. The summed E-state index contributed by atoms with van der Waals surface area (Å²) in [5.74, 6) is 4.27. The van der Waals surface area contributed by atoms with Gasteiger partial charge in [-0.05, 0) is 156 Å². The van der Waals surface area contributed by atoms with Gasteiger partial charge in [0.05, 0.1) is 47.6 Å². The van der Waals surface area contributed by atoms with Crippen molar-refractivity contribution in [3.05, 3.63) is 251 Å². The van der Waals surface area contributed by atoms with Crippen molar-refractivity contribution in [1.82, 2.24) is 39.9 Å². The number of carbonyl (C=O) groups is 2. The summed E-state index contributed by atoms with van der Waals surface area (Å²) in [6.45, 7) is 22.2. The van der Waals surface area contributed by atoms with Gasteiger partial charge in [-0.25, -0.2) is 14.8 Å². The van der Waals surface area contributed by atoms with Crippen LogP contribution >= 0.6 is 24.0 Å². The maximum Gasteiger partial charge on any atom is 2.00 e. The third-order valence-corrected chi connectivity index (χ3v) is 13.5. The van der Waals surface area contributed by atoms with Crippen LogP contribution in [0.3, 0.4) is 0 Å². The molecule has 0 spiro atoms. The Morgan fingerprint density at radius 1 is 0.417 bits per heavy atom. The molecule has 12 aromatic rings. The van der Waals surface area contributed by atoms with Gasteiger partial charge < -0.3 is 54.3 Å². The van der Waals surface area contributed by atoms with Gasteiger partial charge in [0.2, 0.25) is 0 Å². The van der Waals surface area contributed by atoms with Crippen LogP contribution in [0.4, 0.5) is 11.4 Å². The summed E-state index contributed by atoms with van der Waals surface area (Å²) in [4.78, 5) is 65.0. The number of carboxylic acid groups (broad SMARTS) is 2. The number of ether oxygens (including phenoxy) is 3. The maximum absolute atomic E-state index is 9.00. The Hall–Kier alpha value is -10.1. The topological polar surface area (TPSA) is 264 Å². The average molecular weight is 1510 g/mol. The first-order valence-corrected chi connectivity index (χ1v) is 28.2. The number of aryl methyl sites for hydroxylation is 3. The molecule has 14 rings (SSSR count). The normalized spacial score (nSPS) is 9.93. The average Bonchev–Trinajstić information content (AvgIpc) is 1.60. The smallest absolute Gasteiger partial charge is 0.481 e. The summed E-state index contributed by atoms with van der Waals surface area (Å²) < 4.78 is 18.3. The van der Waals surface area contributed by atoms with E-state index in [1.807, 2.05) is 191 Å². The minimum Gasteiger partial charge on any atom is -0.481 e. The van der Waals surface area contributed by atoms with Crippen LogP contribution in [0.1, 0.15) is 41.7 Å². The van der Waals surface area contributed by atoms with Gasteiger partial charge in [0.1, 0.15) is 46.6 Å². The van der Waals surface area contributed by atoms with Crippen LogP contribution in [-0.4, -0.2) is 52.1 Å². The number of nitriles is 2. The Morgan fingerprint density at radius 2 is 0.750 bits per heavy atom. The van der Waals surface area contributed by atoms with Crippen molar-refractivity contribution >= 4 is 91.4 Å². The van der Waals surface area contributed by atoms with Crippen molar-refractivity contribution in [3.8, 4) is 92.2 Å². The van der Waals surface area contributed by atoms with Crippen LogP contribution < -0.4 is 24.2 Å². The van der Waals surface area contributed by atoms with Gasteiger partial charge in [-0.15, -0.1) is 24.0 Å². The molecule has 2 aliphatic rings. The first-order valence-electron chi connectivity index (χ1n) is 28.2. The number of benzene rings is 9. The number of hydrogen-bond acceptors (Lipinski definition) is 13. The second-order valence-electron chi connectivity index (χ2n) is 20.4. The molecule has 464 valence electrons. The number of nitrogens with zero attached hydrogens (tertiary/aromatic N) is 12. The van der Waals surface area contributed by atoms with Crippen molar-refractivity contribution in [2.75, 3.05) is 0 Å². The van der Waals surface area contributed by atoms with Crippen molar-refractivity contribution in [1.29, 1.82) is 10.5 Å². The first kappa shape index (κ1) is 74.9. The summed E-state index contributed by atoms with van der Waals surface area (Å²) in [7, 11) is 0. The van der Waals surface area contributed by atoms with E-state index in [4.69, 9.17) is 97.6 Å². The molecule has 96 heavy (non-hydrogen) atoms. The molecular formula is C73H51ArIN12O7Zn2. The number of rotatable bonds is 6. The fourth-order valence-electron chi connectivity index (χ4n) is 9.52. The van der Waals surface area contributed by atoms with E-state index < -0.39 is 11.9 Å². The summed E-state index contributed by atoms with van der Waals surface area (Å²) in [6.07, 6.45) is 0. The fraction of sp³-hybridized carbons (Fsp3) is 0.0685. The third kappa shape index (κ3) is 18.6. The van der Waals surface area contributed by atoms with Gasteiger partial charge in [0, 0.05) is 116 Å². The Kier molecular flexibility index (Phi) is 27.2. The second kappa shape index (κ2) is 34.9. The molecule has 19 nitrogen and oxygen atoms in total. The standard InChI is InChI=1S/C46H28N8O2.C15H10N2O.C8H4N2.2C2H4O2.Ar.HI.2Zn/c1-25-9-7-11-27(21-25)55-29-17-19-35-37(23-29)46-52-43(35)50-41-32-14-4-3-13-31(32)39(48-41)47-40-33-15-5-6-16-34(33)42(49-40)51-45-38-24-30(18-20-36(38)44(53-45)54-46)56-28-12-8-10-26(2)22-28;1-11-5-4-6-12(9-11)18-13-7-8-14(16-2)15(10-13)17-3;9-5-7-3-1-2-4-8(7)6-10;2*1-2(3)4;;;;/h3-24H,1-2H3;4-10H,1H3;1-4H;2*1H3,(H,3,4);;1H;;/q-2;;;;;;;;+2. The molecule has 0 fully saturated rings. The zero-order valence-electron chi connectivity index (χ0n) is 52.0. The van der Waals surface area contributed by atoms with E-state index in [-0.39, 0.29) is 101 Å². The van der Waals surface area contributed by atoms with Crippen LogP contribution in [-0.2, 0) is 48.5 Å². The van der Waals surface area contributed by atoms with Crippen LogP contribution in [0.2, 0.25) is 0 Å². The van der Waals surface area contributed by atoms with Crippen molar-refractivity contribution in [3.63, 3.8) is 0 Å². The first-order chi connectivity index (χ1) is 44.6. The predicted octanol–water partition coefficient (Wildman–Crippen LogP) is 17.4. The Morgan fingerprint density at radius 3 is 1.17 bits per heavy atom. The molecule has 5 heterocycles. The molecule has 0 radical (unpaired) electrons. The van der Waals surface area contributed by atoms with Crippen molar-refractivity contribution in [2.24, 2.45) is 0 Å². The molecule has 0 saturated carbocycles. The Bertz CT molecular complexity index is 5180. The summed E-state index contributed by atoms with van der Waals surface area (Å²) in [5, 5.41) is 35.0. The minimum absolute atomic E-state index is 0. The molecule has 0 saturated heterocycles. The molecule has 0 atom stereocenters. The van der Waals surface area contributed by atoms with Gasteiger partial charge in [-0.2, -0.15) is 10.5 Å². The van der Waals surface area contributed by atoms with Crippen LogP contribution in [0.25, 0.3) is 99.4 Å². The predicted molar refractivity (Wildman–Crippen MR) is 365 cm³/mol. The summed E-state index contributed by atoms with van der Waals surface area (Å²) in [5.41, 5.74) is 9.97. The Balaban J connectivity index is 0.000000299. The zero-order chi connectivity index (χ0) is 64.8. The maximum atomic E-state index is 9.00. The van der Waals surface area contributed by atoms with E-state index in [1.54, 1.807) is 42.5 Å². The molecule has 0 amide bonds. The summed E-state index contributed by atoms with van der Waals surface area (Å²) >= 11 is 0. The number of fused-ring (bicyclic) bond motifs is 20. The van der Waals surface area contributed by atoms with Gasteiger partial charge >= 0.3 is 19.5 Å². The molecule has 3 aromatic heterocycles. The molecule has 2 N–H and O–H groups in total. The largest absolute Gasteiger partial charge is 2.00 e. The van der Waals surface area contributed by atoms with E-state index in [0.717, 1.165) is 91.6 Å². The molecule has 8 bridgehead atoms. The minimum atomic E-state index is -0.833. The number of halogens is 1. The second-order valence-corrected chi connectivity index (χ2v) is 20.4. The van der Waals surface area contributed by atoms with Crippen LogP contribution in [0, 0.1) is 94.3 Å². The monoisotopic (exact) mass is 1500 g/mol. The number of carboxylic acids is 2. The molecule has 9 aromatic carbocycles. The van der Waals surface area contributed by atoms with E-state index >= 15 is 0 Å². The number of hydrogen-bond donors (Lipinski definition) is 2. The quantitative estimate of drug-likeness (QED) is 0.0890. The zero-order valence-corrected chi connectivity index (χ0v) is 61.0. The van der Waals surface area contributed by atoms with Gasteiger partial charge in [0.15, 0.2) is 11.4 Å².